The number of hydrogen-bond acceptors (Lipinski definition) is 4. The average molecular weight is 332 g/mol. The van der Waals surface area contributed by atoms with E-state index in [4.69, 9.17) is 4.74 Å². The molecule has 2 heterocycles. The van der Waals surface area contributed by atoms with Crippen LogP contribution in [0.15, 0.2) is 30.5 Å². The molecule has 0 aliphatic carbocycles. The normalized spacial score (nSPS) is 11.0. The first-order chi connectivity index (χ1) is 11.4. The number of nitrogens with zero attached hydrogens (tertiary/aromatic N) is 2. The van der Waals surface area contributed by atoms with Crippen LogP contribution in [0.1, 0.15) is 13.8 Å². The van der Waals surface area contributed by atoms with Crippen LogP contribution in [-0.2, 0) is 4.74 Å². The number of nitrogens with one attached hydrogen (secondary N) is 2. The number of fused-ring (bicyclic) bond motifs is 1. The van der Waals surface area contributed by atoms with Gasteiger partial charge in [-0.05, 0) is 38.1 Å². The van der Waals surface area contributed by atoms with Gasteiger partial charge in [0.2, 0.25) is 0 Å². The van der Waals surface area contributed by atoms with Gasteiger partial charge in [0.15, 0.2) is 17.3 Å². The molecule has 0 saturated heterocycles. The summed E-state index contributed by atoms with van der Waals surface area (Å²) in [6, 6.07) is 5.11. The summed E-state index contributed by atoms with van der Waals surface area (Å²) in [4.78, 5) is 22.9. The zero-order chi connectivity index (χ0) is 17.3. The van der Waals surface area contributed by atoms with E-state index in [1.54, 1.807) is 19.9 Å². The average Bonchev–Trinajstić information content (AvgIpc) is 2.92. The van der Waals surface area contributed by atoms with Gasteiger partial charge in [-0.3, -0.25) is 5.32 Å². The summed E-state index contributed by atoms with van der Waals surface area (Å²) in [5.41, 5.74) is 1.74. The van der Waals surface area contributed by atoms with Gasteiger partial charge in [0.25, 0.3) is 0 Å². The van der Waals surface area contributed by atoms with E-state index in [0.29, 0.717) is 28.2 Å². The van der Waals surface area contributed by atoms with Crippen LogP contribution in [0, 0.1) is 11.6 Å². The van der Waals surface area contributed by atoms with Gasteiger partial charge in [-0.2, -0.15) is 0 Å². The first-order valence-electron chi connectivity index (χ1n) is 7.21. The SMILES string of the molecule is CC(C)OC(=O)Nc1cnc2nc(-c3ccc(F)c(F)c3)[nH]c2c1. The molecule has 0 atom stereocenters. The van der Waals surface area contributed by atoms with E-state index < -0.39 is 17.7 Å². The molecule has 6 nitrogen and oxygen atoms in total. The van der Waals surface area contributed by atoms with E-state index in [1.807, 2.05) is 0 Å². The molecule has 1 aromatic carbocycles. The second-order valence-electron chi connectivity index (χ2n) is 5.39. The Morgan fingerprint density at radius 3 is 2.75 bits per heavy atom. The lowest BCUT2D eigenvalue weighted by Gasteiger charge is -2.08. The van der Waals surface area contributed by atoms with Gasteiger partial charge in [0.1, 0.15) is 5.82 Å². The predicted octanol–water partition coefficient (Wildman–Crippen LogP) is 3.86. The molecular weight excluding hydrogens is 318 g/mol. The number of benzene rings is 1. The summed E-state index contributed by atoms with van der Waals surface area (Å²) in [6.45, 7) is 3.48. The van der Waals surface area contributed by atoms with E-state index in [0.717, 1.165) is 12.1 Å². The van der Waals surface area contributed by atoms with Gasteiger partial charge in [-0.15, -0.1) is 0 Å². The van der Waals surface area contributed by atoms with Crippen LogP contribution in [0.2, 0.25) is 0 Å². The summed E-state index contributed by atoms with van der Waals surface area (Å²) in [7, 11) is 0. The zero-order valence-electron chi connectivity index (χ0n) is 12.9. The number of anilines is 1. The van der Waals surface area contributed by atoms with Crippen molar-refractivity contribution in [3.8, 4) is 11.4 Å². The van der Waals surface area contributed by atoms with Crippen LogP contribution in [0.4, 0.5) is 19.3 Å². The highest BCUT2D eigenvalue weighted by atomic mass is 19.2. The lowest BCUT2D eigenvalue weighted by atomic mass is 10.2. The van der Waals surface area contributed by atoms with E-state index in [2.05, 4.69) is 20.3 Å². The molecule has 1 amide bonds. The Morgan fingerprint density at radius 1 is 1.25 bits per heavy atom. The van der Waals surface area contributed by atoms with Crippen molar-refractivity contribution in [1.82, 2.24) is 15.0 Å². The Hall–Kier alpha value is -3.03. The van der Waals surface area contributed by atoms with Crippen molar-refractivity contribution in [1.29, 1.82) is 0 Å². The number of carbonyl (C=O) groups excluding carboxylic acids is 1. The van der Waals surface area contributed by atoms with E-state index in [1.165, 1.54) is 12.3 Å². The number of pyridine rings is 1. The molecule has 24 heavy (non-hydrogen) atoms. The largest absolute Gasteiger partial charge is 0.447 e. The smallest absolute Gasteiger partial charge is 0.411 e. The monoisotopic (exact) mass is 332 g/mol. The Labute approximate surface area is 135 Å². The van der Waals surface area contributed by atoms with Gasteiger partial charge < -0.3 is 9.72 Å². The third-order valence-electron chi connectivity index (χ3n) is 3.12. The summed E-state index contributed by atoms with van der Waals surface area (Å²) in [6.07, 6.45) is 0.597. The molecule has 0 radical (unpaired) electrons. The van der Waals surface area contributed by atoms with Crippen molar-refractivity contribution in [2.75, 3.05) is 5.32 Å². The molecule has 124 valence electrons. The molecule has 0 aliphatic rings. The van der Waals surface area contributed by atoms with Gasteiger partial charge in [0, 0.05) is 5.56 Å². The maximum atomic E-state index is 13.3. The number of carbonyl (C=O) groups is 1. The number of H-pyrrole nitrogens is 1. The number of rotatable bonds is 3. The van der Waals surface area contributed by atoms with Crippen LogP contribution >= 0.6 is 0 Å². The number of amides is 1. The summed E-state index contributed by atoms with van der Waals surface area (Å²) in [5.74, 6) is -1.54. The van der Waals surface area contributed by atoms with E-state index >= 15 is 0 Å². The summed E-state index contributed by atoms with van der Waals surface area (Å²) >= 11 is 0. The number of hydrogen-bond donors (Lipinski definition) is 2. The van der Waals surface area contributed by atoms with Crippen LogP contribution < -0.4 is 5.32 Å². The van der Waals surface area contributed by atoms with Crippen molar-refractivity contribution in [3.63, 3.8) is 0 Å². The molecule has 3 aromatic rings. The lowest BCUT2D eigenvalue weighted by Crippen LogP contribution is -2.18. The van der Waals surface area contributed by atoms with Crippen molar-refractivity contribution in [2.24, 2.45) is 0 Å². The zero-order valence-corrected chi connectivity index (χ0v) is 12.9. The third-order valence-corrected chi connectivity index (χ3v) is 3.12. The van der Waals surface area contributed by atoms with Gasteiger partial charge in [0.05, 0.1) is 23.5 Å². The van der Waals surface area contributed by atoms with Gasteiger partial charge >= 0.3 is 6.09 Å². The summed E-state index contributed by atoms with van der Waals surface area (Å²) < 4.78 is 31.3. The molecular formula is C16H14F2N4O2. The highest BCUT2D eigenvalue weighted by molar-refractivity contribution is 5.87. The van der Waals surface area contributed by atoms with Gasteiger partial charge in [-0.1, -0.05) is 0 Å². The van der Waals surface area contributed by atoms with Crippen LogP contribution in [0.3, 0.4) is 0 Å². The Morgan fingerprint density at radius 2 is 2.04 bits per heavy atom. The predicted molar refractivity (Wildman–Crippen MR) is 84.5 cm³/mol. The lowest BCUT2D eigenvalue weighted by molar-refractivity contribution is 0.130. The molecule has 3 rings (SSSR count). The molecule has 0 unspecified atom stereocenters. The molecule has 0 fully saturated rings. The minimum absolute atomic E-state index is 0.242. The molecule has 2 N–H and O–H groups in total. The number of aromatic amines is 1. The van der Waals surface area contributed by atoms with Crippen molar-refractivity contribution in [2.45, 2.75) is 20.0 Å². The fourth-order valence-corrected chi connectivity index (χ4v) is 2.11. The van der Waals surface area contributed by atoms with Crippen LogP contribution in [0.5, 0.6) is 0 Å². The molecule has 0 saturated carbocycles. The topological polar surface area (TPSA) is 79.9 Å². The maximum absolute atomic E-state index is 13.3. The Balaban J connectivity index is 1.88. The van der Waals surface area contributed by atoms with Crippen molar-refractivity contribution < 1.29 is 18.3 Å². The van der Waals surface area contributed by atoms with E-state index in [-0.39, 0.29) is 6.10 Å². The number of aromatic nitrogens is 3. The second kappa shape index (κ2) is 6.23. The molecule has 2 aromatic heterocycles. The molecule has 8 heteroatoms. The first kappa shape index (κ1) is 15.9. The number of imidazole rings is 1. The Bertz CT molecular complexity index is 908. The fraction of sp³-hybridized carbons (Fsp3) is 0.188. The van der Waals surface area contributed by atoms with Crippen molar-refractivity contribution in [3.05, 3.63) is 42.1 Å². The molecule has 0 spiro atoms. The maximum Gasteiger partial charge on any atom is 0.411 e. The summed E-state index contributed by atoms with van der Waals surface area (Å²) in [5, 5.41) is 2.55. The number of halogens is 2. The third kappa shape index (κ3) is 3.32. The highest BCUT2D eigenvalue weighted by Gasteiger charge is 2.11. The molecule has 0 aliphatic heterocycles. The highest BCUT2D eigenvalue weighted by Crippen LogP contribution is 2.22. The quantitative estimate of drug-likeness (QED) is 0.763. The van der Waals surface area contributed by atoms with E-state index in [9.17, 15) is 13.6 Å². The number of ether oxygens (including phenoxy) is 1. The first-order valence-corrected chi connectivity index (χ1v) is 7.21. The van der Waals surface area contributed by atoms with Crippen LogP contribution in [0.25, 0.3) is 22.6 Å². The minimum atomic E-state index is -0.959. The standard InChI is InChI=1S/C16H14F2N4O2/c1-8(2)24-16(23)20-10-6-13-15(19-7-10)22-14(21-13)9-3-4-11(17)12(18)5-9/h3-8H,1-2H3,(H,20,23)(H,19,21,22). The Kier molecular flexibility index (Phi) is 4.11. The second-order valence-corrected chi connectivity index (χ2v) is 5.39. The van der Waals surface area contributed by atoms with Crippen LogP contribution in [-0.4, -0.2) is 27.1 Å². The van der Waals surface area contributed by atoms with Gasteiger partial charge in [-0.25, -0.2) is 23.5 Å². The fourth-order valence-electron chi connectivity index (χ4n) is 2.11. The minimum Gasteiger partial charge on any atom is -0.447 e. The van der Waals surface area contributed by atoms with Crippen molar-refractivity contribution >= 4 is 22.9 Å². The molecule has 0 bridgehead atoms.